The largest absolute Gasteiger partial charge is 0.370 e. The maximum atomic E-state index is 13.1. The first-order chi connectivity index (χ1) is 11.9. The minimum absolute atomic E-state index is 0.0588. The summed E-state index contributed by atoms with van der Waals surface area (Å²) < 4.78 is 18.8. The molecule has 1 fully saturated rings. The third kappa shape index (κ3) is 3.35. The number of ether oxygens (including phenoxy) is 1. The van der Waals surface area contributed by atoms with Gasteiger partial charge in [-0.15, -0.1) is 0 Å². The molecule has 1 unspecified atom stereocenters. The van der Waals surface area contributed by atoms with E-state index < -0.39 is 0 Å². The Balaban J connectivity index is 1.82. The van der Waals surface area contributed by atoms with Gasteiger partial charge in [0.15, 0.2) is 5.78 Å². The van der Waals surface area contributed by atoms with Gasteiger partial charge in [-0.3, -0.25) is 9.59 Å². The fourth-order valence-electron chi connectivity index (χ4n) is 3.36. The third-order valence-electron chi connectivity index (χ3n) is 4.60. The van der Waals surface area contributed by atoms with E-state index in [0.29, 0.717) is 42.2 Å². The van der Waals surface area contributed by atoms with Gasteiger partial charge in [-0.1, -0.05) is 12.1 Å². The topological polar surface area (TPSA) is 62.4 Å². The average molecular weight is 344 g/mol. The SMILES string of the molecule is CC(=O)c1c(C)[nH]c(C(=O)N2CCOC(c3ccc(F)cc3)C2)c1C. The first-order valence-electron chi connectivity index (χ1n) is 8.25. The van der Waals surface area contributed by atoms with E-state index in [9.17, 15) is 14.0 Å². The highest BCUT2D eigenvalue weighted by Gasteiger charge is 2.29. The number of nitrogens with zero attached hydrogens (tertiary/aromatic N) is 1. The standard InChI is InChI=1S/C19H21FN2O3/c1-11-17(13(3)23)12(2)21-18(11)19(24)22-8-9-25-16(10-22)14-4-6-15(20)7-5-14/h4-7,16,21H,8-10H2,1-3H3. The molecule has 0 aliphatic carbocycles. The van der Waals surface area contributed by atoms with E-state index in [4.69, 9.17) is 4.74 Å². The molecule has 6 heteroatoms. The fraction of sp³-hybridized carbons (Fsp3) is 0.368. The molecule has 1 aromatic heterocycles. The van der Waals surface area contributed by atoms with E-state index in [1.807, 2.05) is 0 Å². The summed E-state index contributed by atoms with van der Waals surface area (Å²) in [4.78, 5) is 29.4. The Labute approximate surface area is 145 Å². The molecular weight excluding hydrogens is 323 g/mol. The van der Waals surface area contributed by atoms with E-state index in [1.165, 1.54) is 19.1 Å². The Hall–Kier alpha value is -2.47. The van der Waals surface area contributed by atoms with Crippen LogP contribution in [0.2, 0.25) is 0 Å². The highest BCUT2D eigenvalue weighted by atomic mass is 19.1. The Morgan fingerprint density at radius 3 is 2.52 bits per heavy atom. The second kappa shape index (κ2) is 6.80. The molecule has 2 heterocycles. The molecule has 0 bridgehead atoms. The van der Waals surface area contributed by atoms with Gasteiger partial charge in [-0.25, -0.2) is 4.39 Å². The molecule has 2 aromatic rings. The lowest BCUT2D eigenvalue weighted by Crippen LogP contribution is -2.42. The zero-order valence-electron chi connectivity index (χ0n) is 14.6. The number of carbonyl (C=O) groups is 2. The van der Waals surface area contributed by atoms with Gasteiger partial charge in [-0.05, 0) is 44.0 Å². The molecule has 1 aliphatic rings. The van der Waals surface area contributed by atoms with Crippen molar-refractivity contribution in [2.45, 2.75) is 26.9 Å². The molecule has 0 saturated carbocycles. The van der Waals surface area contributed by atoms with Crippen molar-refractivity contribution in [3.8, 4) is 0 Å². The summed E-state index contributed by atoms with van der Waals surface area (Å²) >= 11 is 0. The summed E-state index contributed by atoms with van der Waals surface area (Å²) in [5, 5.41) is 0. The van der Waals surface area contributed by atoms with Gasteiger partial charge in [-0.2, -0.15) is 0 Å². The zero-order valence-corrected chi connectivity index (χ0v) is 14.6. The summed E-state index contributed by atoms with van der Waals surface area (Å²) in [6.45, 7) is 6.34. The van der Waals surface area contributed by atoms with Gasteiger partial charge in [0.05, 0.1) is 13.2 Å². The Morgan fingerprint density at radius 1 is 1.24 bits per heavy atom. The molecule has 1 atom stereocenters. The van der Waals surface area contributed by atoms with Crippen molar-refractivity contribution < 1.29 is 18.7 Å². The number of aryl methyl sites for hydroxylation is 1. The number of aromatic nitrogens is 1. The van der Waals surface area contributed by atoms with Crippen LogP contribution in [0.4, 0.5) is 4.39 Å². The molecule has 1 amide bonds. The maximum Gasteiger partial charge on any atom is 0.270 e. The van der Waals surface area contributed by atoms with E-state index >= 15 is 0 Å². The van der Waals surface area contributed by atoms with Gasteiger partial charge < -0.3 is 14.6 Å². The van der Waals surface area contributed by atoms with E-state index in [1.54, 1.807) is 30.9 Å². The molecule has 1 aromatic carbocycles. The highest BCUT2D eigenvalue weighted by Crippen LogP contribution is 2.25. The van der Waals surface area contributed by atoms with Crippen LogP contribution in [0.5, 0.6) is 0 Å². The Kier molecular flexibility index (Phi) is 4.72. The van der Waals surface area contributed by atoms with E-state index in [2.05, 4.69) is 4.98 Å². The molecule has 1 N–H and O–H groups in total. The van der Waals surface area contributed by atoms with Crippen LogP contribution >= 0.6 is 0 Å². The van der Waals surface area contributed by atoms with Gasteiger partial charge in [0.25, 0.3) is 5.91 Å². The van der Waals surface area contributed by atoms with Crippen molar-refractivity contribution in [1.29, 1.82) is 0 Å². The van der Waals surface area contributed by atoms with Gasteiger partial charge in [0, 0.05) is 17.8 Å². The monoisotopic (exact) mass is 344 g/mol. The number of H-pyrrole nitrogens is 1. The van der Waals surface area contributed by atoms with Crippen LogP contribution < -0.4 is 0 Å². The van der Waals surface area contributed by atoms with Gasteiger partial charge in [0.2, 0.25) is 0 Å². The van der Waals surface area contributed by atoms with Gasteiger partial charge >= 0.3 is 0 Å². The number of nitrogens with one attached hydrogen (secondary N) is 1. The van der Waals surface area contributed by atoms with Crippen molar-refractivity contribution >= 4 is 11.7 Å². The molecule has 5 nitrogen and oxygen atoms in total. The Bertz CT molecular complexity index is 811. The molecule has 25 heavy (non-hydrogen) atoms. The minimum Gasteiger partial charge on any atom is -0.370 e. The Morgan fingerprint density at radius 2 is 1.92 bits per heavy atom. The quantitative estimate of drug-likeness (QED) is 0.870. The average Bonchev–Trinajstić information content (AvgIpc) is 2.89. The predicted octanol–water partition coefficient (Wildman–Crippen LogP) is 3.19. The highest BCUT2D eigenvalue weighted by molar-refractivity contribution is 6.02. The number of hydrogen-bond donors (Lipinski definition) is 1. The zero-order chi connectivity index (χ0) is 18.1. The number of rotatable bonds is 3. The van der Waals surface area contributed by atoms with Crippen LogP contribution in [0, 0.1) is 19.7 Å². The second-order valence-corrected chi connectivity index (χ2v) is 6.34. The second-order valence-electron chi connectivity index (χ2n) is 6.34. The van der Waals surface area contributed by atoms with Crippen LogP contribution in [0.25, 0.3) is 0 Å². The smallest absolute Gasteiger partial charge is 0.270 e. The predicted molar refractivity (Wildman–Crippen MR) is 91.3 cm³/mol. The van der Waals surface area contributed by atoms with Crippen molar-refractivity contribution in [2.75, 3.05) is 19.7 Å². The third-order valence-corrected chi connectivity index (χ3v) is 4.60. The van der Waals surface area contributed by atoms with E-state index in [-0.39, 0.29) is 23.6 Å². The summed E-state index contributed by atoms with van der Waals surface area (Å²) in [5.74, 6) is -0.512. The molecule has 132 valence electrons. The van der Waals surface area contributed by atoms with Crippen molar-refractivity contribution in [3.05, 3.63) is 58.2 Å². The number of morpholine rings is 1. The van der Waals surface area contributed by atoms with Crippen molar-refractivity contribution in [2.24, 2.45) is 0 Å². The maximum absolute atomic E-state index is 13.1. The normalized spacial score (nSPS) is 17.6. The summed E-state index contributed by atoms with van der Waals surface area (Å²) in [6, 6.07) is 6.12. The van der Waals surface area contributed by atoms with Crippen molar-refractivity contribution in [3.63, 3.8) is 0 Å². The molecule has 0 spiro atoms. The number of benzene rings is 1. The number of halogens is 1. The number of aromatic amines is 1. The molecule has 1 aliphatic heterocycles. The van der Waals surface area contributed by atoms with E-state index in [0.717, 1.165) is 5.56 Å². The van der Waals surface area contributed by atoms with Crippen LogP contribution in [0.3, 0.4) is 0 Å². The van der Waals surface area contributed by atoms with Crippen LogP contribution in [0.1, 0.15) is 50.7 Å². The molecule has 3 rings (SSSR count). The number of Topliss-reactive ketones (excluding diaryl/α,β-unsaturated/α-hetero) is 1. The van der Waals surface area contributed by atoms with Gasteiger partial charge in [0.1, 0.15) is 17.6 Å². The first-order valence-corrected chi connectivity index (χ1v) is 8.25. The van der Waals surface area contributed by atoms with Crippen LogP contribution in [-0.4, -0.2) is 41.3 Å². The molecular formula is C19H21FN2O3. The summed E-state index contributed by atoms with van der Waals surface area (Å²) in [5.41, 5.74) is 3.24. The molecule has 0 radical (unpaired) electrons. The first kappa shape index (κ1) is 17.4. The number of ketones is 1. The van der Waals surface area contributed by atoms with Crippen molar-refractivity contribution in [1.82, 2.24) is 9.88 Å². The summed E-state index contributed by atoms with van der Waals surface area (Å²) in [6.07, 6.45) is -0.290. The lowest BCUT2D eigenvalue weighted by Gasteiger charge is -2.33. The number of hydrogen-bond acceptors (Lipinski definition) is 3. The minimum atomic E-state index is -0.304. The lowest BCUT2D eigenvalue weighted by atomic mass is 10.1. The molecule has 1 saturated heterocycles. The fourth-order valence-corrected chi connectivity index (χ4v) is 3.36. The number of carbonyl (C=O) groups excluding carboxylic acids is 2. The van der Waals surface area contributed by atoms with Crippen LogP contribution in [-0.2, 0) is 4.74 Å². The summed E-state index contributed by atoms with van der Waals surface area (Å²) in [7, 11) is 0. The lowest BCUT2D eigenvalue weighted by molar-refractivity contribution is -0.0230. The van der Waals surface area contributed by atoms with Crippen LogP contribution in [0.15, 0.2) is 24.3 Å². The number of amides is 1.